The molecule has 0 aliphatic heterocycles. The minimum atomic E-state index is -4.46. The largest absolute Gasteiger partial charge is 0.416 e. The second-order valence-electron chi connectivity index (χ2n) is 6.87. The van der Waals surface area contributed by atoms with E-state index in [0.717, 1.165) is 18.3 Å². The number of hydrogen-bond donors (Lipinski definition) is 2. The van der Waals surface area contributed by atoms with Crippen molar-refractivity contribution in [2.75, 3.05) is 18.4 Å². The Balaban J connectivity index is 1.58. The molecule has 0 atom stereocenters. The van der Waals surface area contributed by atoms with Gasteiger partial charge in [-0.3, -0.25) is 10.1 Å². The summed E-state index contributed by atoms with van der Waals surface area (Å²) in [5.41, 5.74) is 2.92. The highest BCUT2D eigenvalue weighted by Gasteiger charge is 2.30. The Morgan fingerprint density at radius 2 is 1.82 bits per heavy atom. The van der Waals surface area contributed by atoms with E-state index in [1.165, 1.54) is 30.5 Å². The molecule has 178 valence electrons. The van der Waals surface area contributed by atoms with Gasteiger partial charge in [-0.25, -0.2) is 19.7 Å². The van der Waals surface area contributed by atoms with Gasteiger partial charge in [0, 0.05) is 30.9 Å². The zero-order valence-electron chi connectivity index (χ0n) is 17.8. The molecule has 0 amide bonds. The number of pyridine rings is 1. The summed E-state index contributed by atoms with van der Waals surface area (Å²) in [6.45, 7) is 2.28. The molecule has 0 bridgehead atoms. The van der Waals surface area contributed by atoms with Gasteiger partial charge in [0.05, 0.1) is 16.2 Å². The lowest BCUT2D eigenvalue weighted by molar-refractivity contribution is -0.385. The molecule has 34 heavy (non-hydrogen) atoms. The number of nitrogens with zero attached hydrogens (tertiary/aromatic N) is 4. The quantitative estimate of drug-likeness (QED) is 0.269. The second kappa shape index (κ2) is 10.7. The van der Waals surface area contributed by atoms with Gasteiger partial charge < -0.3 is 10.2 Å². The maximum Gasteiger partial charge on any atom is 0.416 e. The molecule has 0 aliphatic rings. The Kier molecular flexibility index (Phi) is 7.68. The van der Waals surface area contributed by atoms with Crippen molar-refractivity contribution in [1.82, 2.24) is 20.4 Å². The fourth-order valence-corrected chi connectivity index (χ4v) is 2.83. The molecule has 0 saturated heterocycles. The zero-order valence-corrected chi connectivity index (χ0v) is 17.8. The first-order chi connectivity index (χ1) is 16.2. The number of aryl methyl sites for hydroxylation is 1. The molecule has 0 saturated carbocycles. The molecule has 0 fully saturated rings. The van der Waals surface area contributed by atoms with Gasteiger partial charge in [0.15, 0.2) is 0 Å². The molecule has 2 aromatic heterocycles. The number of nitro groups is 1. The highest BCUT2D eigenvalue weighted by molar-refractivity contribution is 5.85. The monoisotopic (exact) mass is 476 g/mol. The summed E-state index contributed by atoms with van der Waals surface area (Å²) in [7, 11) is 0. The number of alkyl halides is 3. The third-order valence-corrected chi connectivity index (χ3v) is 4.57. The molecule has 0 unspecified atom stereocenters. The van der Waals surface area contributed by atoms with Crippen molar-refractivity contribution in [3.63, 3.8) is 0 Å². The number of hydrogen-bond acceptors (Lipinski definition) is 9. The Hall–Kier alpha value is -4.13. The highest BCUT2D eigenvalue weighted by Crippen LogP contribution is 2.31. The van der Waals surface area contributed by atoms with Crippen LogP contribution in [0.1, 0.15) is 28.7 Å². The van der Waals surface area contributed by atoms with Crippen LogP contribution in [0.2, 0.25) is 0 Å². The molecule has 2 heterocycles. The van der Waals surface area contributed by atoms with E-state index in [1.54, 1.807) is 0 Å². The Morgan fingerprint density at radius 1 is 1.09 bits per heavy atom. The van der Waals surface area contributed by atoms with Crippen LogP contribution in [-0.4, -0.2) is 38.9 Å². The molecule has 1 aromatic carbocycles. The highest BCUT2D eigenvalue weighted by atomic mass is 19.4. The van der Waals surface area contributed by atoms with Gasteiger partial charge >= 0.3 is 12.1 Å². The Morgan fingerprint density at radius 3 is 2.41 bits per heavy atom. The molecule has 0 spiro atoms. The summed E-state index contributed by atoms with van der Waals surface area (Å²) in [5, 5.41) is 13.5. The molecule has 10 nitrogen and oxygen atoms in total. The number of anilines is 1. The lowest BCUT2D eigenvalue weighted by Gasteiger charge is -2.11. The summed E-state index contributed by atoms with van der Waals surface area (Å²) in [5.74, 6) is -0.729. The summed E-state index contributed by atoms with van der Waals surface area (Å²) < 4.78 is 38.5. The van der Waals surface area contributed by atoms with Crippen LogP contribution in [0.4, 0.5) is 24.7 Å². The summed E-state index contributed by atoms with van der Waals surface area (Å²) in [6, 6.07) is 7.21. The normalized spacial score (nSPS) is 11.2. The second-order valence-corrected chi connectivity index (χ2v) is 6.87. The minimum absolute atomic E-state index is 0.137. The van der Waals surface area contributed by atoms with Gasteiger partial charge in [-0.15, -0.1) is 0 Å². The number of carbonyl (C=O) groups is 1. The van der Waals surface area contributed by atoms with Crippen LogP contribution in [0.5, 0.6) is 0 Å². The standard InChI is InChI=1S/C21H19F3N6O4/c1-2-13-11-27-19(29-18(13)14-3-5-15(6-4-14)21(22,23)24)20(31)34-28-10-9-25-17-8-7-16(12-26-17)30(32)33/h3-8,11-12,28H,2,9-10H2,1H3,(H,25,26). The van der Waals surface area contributed by atoms with Crippen LogP contribution >= 0.6 is 0 Å². The van der Waals surface area contributed by atoms with Crippen molar-refractivity contribution >= 4 is 17.5 Å². The third-order valence-electron chi connectivity index (χ3n) is 4.57. The van der Waals surface area contributed by atoms with E-state index in [1.807, 2.05) is 6.92 Å². The van der Waals surface area contributed by atoms with E-state index in [-0.39, 0.29) is 24.6 Å². The average Bonchev–Trinajstić information content (AvgIpc) is 2.83. The molecular weight excluding hydrogens is 457 g/mol. The fourth-order valence-electron chi connectivity index (χ4n) is 2.83. The van der Waals surface area contributed by atoms with Gasteiger partial charge in [0.1, 0.15) is 12.0 Å². The Labute approximate surface area is 191 Å². The van der Waals surface area contributed by atoms with E-state index in [2.05, 4.69) is 25.7 Å². The number of hydroxylamine groups is 1. The molecule has 0 radical (unpaired) electrons. The van der Waals surface area contributed by atoms with Crippen LogP contribution in [-0.2, 0) is 17.4 Å². The predicted octanol–water partition coefficient (Wildman–Crippen LogP) is 3.80. The van der Waals surface area contributed by atoms with Crippen LogP contribution in [0.3, 0.4) is 0 Å². The average molecular weight is 476 g/mol. The number of carbonyl (C=O) groups excluding carboxylic acids is 1. The number of benzene rings is 1. The lowest BCUT2D eigenvalue weighted by Crippen LogP contribution is -2.27. The lowest BCUT2D eigenvalue weighted by atomic mass is 10.0. The number of nitrogens with one attached hydrogen (secondary N) is 2. The van der Waals surface area contributed by atoms with Gasteiger partial charge in [-0.1, -0.05) is 19.1 Å². The first-order valence-electron chi connectivity index (χ1n) is 10.0. The van der Waals surface area contributed by atoms with Crippen LogP contribution < -0.4 is 10.8 Å². The zero-order chi connectivity index (χ0) is 24.7. The van der Waals surface area contributed by atoms with Crippen molar-refractivity contribution in [1.29, 1.82) is 0 Å². The van der Waals surface area contributed by atoms with Crippen molar-refractivity contribution in [3.8, 4) is 11.3 Å². The van der Waals surface area contributed by atoms with E-state index >= 15 is 0 Å². The van der Waals surface area contributed by atoms with Gasteiger partial charge in [-0.05, 0) is 30.2 Å². The molecule has 3 rings (SSSR count). The van der Waals surface area contributed by atoms with Gasteiger partial charge in [-0.2, -0.15) is 18.7 Å². The van der Waals surface area contributed by atoms with Crippen molar-refractivity contribution in [2.45, 2.75) is 19.5 Å². The maximum absolute atomic E-state index is 12.8. The van der Waals surface area contributed by atoms with E-state index in [9.17, 15) is 28.1 Å². The topological polar surface area (TPSA) is 132 Å². The number of rotatable bonds is 9. The fraction of sp³-hybridized carbons (Fsp3) is 0.238. The summed E-state index contributed by atoms with van der Waals surface area (Å²) in [6.07, 6.45) is -1.41. The minimum Gasteiger partial charge on any atom is -0.369 e. The van der Waals surface area contributed by atoms with Crippen molar-refractivity contribution < 1.29 is 27.7 Å². The maximum atomic E-state index is 12.8. The molecule has 0 aliphatic carbocycles. The molecular formula is C21H19F3N6O4. The molecule has 13 heteroatoms. The smallest absolute Gasteiger partial charge is 0.369 e. The number of halogens is 3. The van der Waals surface area contributed by atoms with Gasteiger partial charge in [0.25, 0.3) is 5.69 Å². The first-order valence-corrected chi connectivity index (χ1v) is 10.0. The predicted molar refractivity (Wildman–Crippen MR) is 115 cm³/mol. The SMILES string of the molecule is CCc1cnc(C(=O)ONCCNc2ccc([N+](=O)[O-])cn2)nc1-c1ccc(C(F)(F)F)cc1. The third kappa shape index (κ3) is 6.22. The first kappa shape index (κ1) is 24.5. The van der Waals surface area contributed by atoms with Crippen LogP contribution in [0.25, 0.3) is 11.3 Å². The van der Waals surface area contributed by atoms with Crippen molar-refractivity contribution in [2.24, 2.45) is 0 Å². The number of aromatic nitrogens is 3. The van der Waals surface area contributed by atoms with E-state index < -0.39 is 22.6 Å². The Bertz CT molecular complexity index is 1150. The van der Waals surface area contributed by atoms with E-state index in [4.69, 9.17) is 4.84 Å². The van der Waals surface area contributed by atoms with Crippen LogP contribution in [0.15, 0.2) is 48.8 Å². The summed E-state index contributed by atoms with van der Waals surface area (Å²) in [4.78, 5) is 39.3. The van der Waals surface area contributed by atoms with Gasteiger partial charge in [0.2, 0.25) is 5.82 Å². The summed E-state index contributed by atoms with van der Waals surface area (Å²) >= 11 is 0. The van der Waals surface area contributed by atoms with Crippen molar-refractivity contribution in [3.05, 3.63) is 75.9 Å². The molecule has 2 N–H and O–H groups in total. The van der Waals surface area contributed by atoms with Crippen LogP contribution in [0, 0.1) is 10.1 Å². The van der Waals surface area contributed by atoms with E-state index in [0.29, 0.717) is 29.1 Å². The molecule has 3 aromatic rings.